The second-order valence-corrected chi connectivity index (χ2v) is 5.60. The van der Waals surface area contributed by atoms with Crippen molar-refractivity contribution in [3.63, 3.8) is 0 Å². The van der Waals surface area contributed by atoms with E-state index in [1.807, 2.05) is 16.7 Å². The monoisotopic (exact) mass is 267 g/mol. The molecule has 2 aromatic heterocycles. The molecule has 3 nitrogen and oxygen atoms in total. The average Bonchev–Trinajstić information content (AvgIpc) is 3.01. The van der Waals surface area contributed by atoms with Gasteiger partial charge in [0, 0.05) is 10.3 Å². The first-order chi connectivity index (χ1) is 8.40. The Hall–Kier alpha value is -0.780. The SMILES string of the molecule is CCCNC(CCc1cccs1)c1csnn1. The fourth-order valence-corrected chi connectivity index (χ4v) is 2.97. The van der Waals surface area contributed by atoms with Crippen LogP contribution in [-0.2, 0) is 6.42 Å². The topological polar surface area (TPSA) is 37.8 Å². The first-order valence-electron chi connectivity index (χ1n) is 5.93. The molecule has 1 N–H and O–H groups in total. The molecule has 0 aliphatic rings. The summed E-state index contributed by atoms with van der Waals surface area (Å²) in [5.41, 5.74) is 1.08. The van der Waals surface area contributed by atoms with Gasteiger partial charge in [-0.25, -0.2) is 0 Å². The summed E-state index contributed by atoms with van der Waals surface area (Å²) in [6, 6.07) is 4.65. The van der Waals surface area contributed by atoms with Crippen molar-refractivity contribution in [3.05, 3.63) is 33.5 Å². The van der Waals surface area contributed by atoms with Gasteiger partial charge in [0.2, 0.25) is 0 Å². The number of hydrogen-bond acceptors (Lipinski definition) is 5. The first kappa shape index (κ1) is 12.7. The quantitative estimate of drug-likeness (QED) is 0.836. The summed E-state index contributed by atoms with van der Waals surface area (Å²) in [5, 5.41) is 11.9. The molecule has 0 saturated carbocycles. The lowest BCUT2D eigenvalue weighted by Crippen LogP contribution is -2.23. The lowest BCUT2D eigenvalue weighted by atomic mass is 10.1. The van der Waals surface area contributed by atoms with E-state index in [1.165, 1.54) is 16.4 Å². The van der Waals surface area contributed by atoms with E-state index in [0.29, 0.717) is 6.04 Å². The van der Waals surface area contributed by atoms with Crippen LogP contribution in [0, 0.1) is 0 Å². The van der Waals surface area contributed by atoms with E-state index in [2.05, 4.69) is 39.3 Å². The Kier molecular flexibility index (Phi) is 5.09. The zero-order valence-corrected chi connectivity index (χ0v) is 11.6. The first-order valence-corrected chi connectivity index (χ1v) is 7.64. The van der Waals surface area contributed by atoms with Gasteiger partial charge >= 0.3 is 0 Å². The van der Waals surface area contributed by atoms with Gasteiger partial charge in [-0.05, 0) is 48.8 Å². The van der Waals surface area contributed by atoms with Gasteiger partial charge in [0.1, 0.15) is 0 Å². The van der Waals surface area contributed by atoms with E-state index in [-0.39, 0.29) is 0 Å². The van der Waals surface area contributed by atoms with Crippen LogP contribution >= 0.6 is 22.9 Å². The maximum absolute atomic E-state index is 4.18. The van der Waals surface area contributed by atoms with Crippen molar-refractivity contribution in [2.45, 2.75) is 32.2 Å². The summed E-state index contributed by atoms with van der Waals surface area (Å²) in [7, 11) is 0. The van der Waals surface area contributed by atoms with Crippen molar-refractivity contribution in [2.75, 3.05) is 6.54 Å². The minimum Gasteiger partial charge on any atom is -0.309 e. The largest absolute Gasteiger partial charge is 0.309 e. The maximum Gasteiger partial charge on any atom is 0.0924 e. The molecule has 1 atom stereocenters. The third-order valence-electron chi connectivity index (χ3n) is 2.63. The smallest absolute Gasteiger partial charge is 0.0924 e. The molecule has 1 unspecified atom stereocenters. The Morgan fingerprint density at radius 3 is 3.06 bits per heavy atom. The zero-order valence-electron chi connectivity index (χ0n) is 9.93. The average molecular weight is 267 g/mol. The van der Waals surface area contributed by atoms with E-state index in [4.69, 9.17) is 0 Å². The molecule has 17 heavy (non-hydrogen) atoms. The number of nitrogens with one attached hydrogen (secondary N) is 1. The summed E-state index contributed by atoms with van der Waals surface area (Å²) in [6.07, 6.45) is 3.34. The molecule has 0 saturated heterocycles. The van der Waals surface area contributed by atoms with Gasteiger partial charge in [0.25, 0.3) is 0 Å². The molecule has 0 aliphatic carbocycles. The number of aromatic nitrogens is 2. The second-order valence-electron chi connectivity index (χ2n) is 3.95. The minimum absolute atomic E-state index is 0.343. The Labute approximate surface area is 110 Å². The molecule has 2 heterocycles. The summed E-state index contributed by atoms with van der Waals surface area (Å²) in [6.45, 7) is 3.22. The number of thiophene rings is 1. The van der Waals surface area contributed by atoms with E-state index >= 15 is 0 Å². The van der Waals surface area contributed by atoms with Gasteiger partial charge in [0.05, 0.1) is 11.7 Å². The lowest BCUT2D eigenvalue weighted by Gasteiger charge is -2.15. The number of aryl methyl sites for hydroxylation is 1. The predicted molar refractivity (Wildman–Crippen MR) is 73.6 cm³/mol. The summed E-state index contributed by atoms with van der Waals surface area (Å²) >= 11 is 3.25. The fraction of sp³-hybridized carbons (Fsp3) is 0.500. The van der Waals surface area contributed by atoms with Crippen LogP contribution in [0.3, 0.4) is 0 Å². The highest BCUT2D eigenvalue weighted by Crippen LogP contribution is 2.20. The van der Waals surface area contributed by atoms with Crippen molar-refractivity contribution in [2.24, 2.45) is 0 Å². The number of nitrogens with zero attached hydrogens (tertiary/aromatic N) is 2. The van der Waals surface area contributed by atoms with Crippen LogP contribution in [0.15, 0.2) is 22.9 Å². The molecular weight excluding hydrogens is 250 g/mol. The molecular formula is C12H17N3S2. The van der Waals surface area contributed by atoms with E-state index in [0.717, 1.165) is 31.5 Å². The molecule has 0 fully saturated rings. The summed E-state index contributed by atoms with van der Waals surface area (Å²) in [4.78, 5) is 1.44. The van der Waals surface area contributed by atoms with Crippen molar-refractivity contribution in [1.29, 1.82) is 0 Å². The molecule has 0 aliphatic heterocycles. The number of rotatable bonds is 7. The fourth-order valence-electron chi connectivity index (χ4n) is 1.74. The van der Waals surface area contributed by atoms with Gasteiger partial charge < -0.3 is 5.32 Å². The van der Waals surface area contributed by atoms with E-state index < -0.39 is 0 Å². The van der Waals surface area contributed by atoms with Crippen LogP contribution in [0.1, 0.15) is 36.4 Å². The Morgan fingerprint density at radius 2 is 2.41 bits per heavy atom. The summed E-state index contributed by atoms with van der Waals surface area (Å²) in [5.74, 6) is 0. The van der Waals surface area contributed by atoms with Crippen LogP contribution in [-0.4, -0.2) is 16.1 Å². The van der Waals surface area contributed by atoms with Crippen molar-refractivity contribution in [3.8, 4) is 0 Å². The zero-order chi connectivity index (χ0) is 11.9. The highest BCUT2D eigenvalue weighted by Gasteiger charge is 2.13. The minimum atomic E-state index is 0.343. The Morgan fingerprint density at radius 1 is 1.47 bits per heavy atom. The van der Waals surface area contributed by atoms with Crippen LogP contribution in [0.2, 0.25) is 0 Å². The van der Waals surface area contributed by atoms with E-state index in [1.54, 1.807) is 0 Å². The molecule has 2 aromatic rings. The molecule has 0 aromatic carbocycles. The third-order valence-corrected chi connectivity index (χ3v) is 4.09. The van der Waals surface area contributed by atoms with Gasteiger partial charge in [-0.15, -0.1) is 16.4 Å². The van der Waals surface area contributed by atoms with Crippen LogP contribution in [0.4, 0.5) is 0 Å². The lowest BCUT2D eigenvalue weighted by molar-refractivity contribution is 0.489. The summed E-state index contributed by atoms with van der Waals surface area (Å²) < 4.78 is 3.95. The van der Waals surface area contributed by atoms with Gasteiger partial charge in [-0.2, -0.15) is 0 Å². The predicted octanol–water partition coefficient (Wildman–Crippen LogP) is 3.27. The highest BCUT2D eigenvalue weighted by atomic mass is 32.1. The van der Waals surface area contributed by atoms with Crippen LogP contribution in [0.5, 0.6) is 0 Å². The molecule has 5 heteroatoms. The molecule has 0 amide bonds. The van der Waals surface area contributed by atoms with Crippen molar-refractivity contribution >= 4 is 22.9 Å². The van der Waals surface area contributed by atoms with E-state index in [9.17, 15) is 0 Å². The van der Waals surface area contributed by atoms with Gasteiger partial charge in [-0.1, -0.05) is 17.5 Å². The van der Waals surface area contributed by atoms with Crippen molar-refractivity contribution < 1.29 is 0 Å². The van der Waals surface area contributed by atoms with Crippen LogP contribution < -0.4 is 5.32 Å². The molecule has 0 spiro atoms. The van der Waals surface area contributed by atoms with Gasteiger partial charge in [-0.3, -0.25) is 0 Å². The second kappa shape index (κ2) is 6.83. The molecule has 92 valence electrons. The molecule has 2 rings (SSSR count). The standard InChI is InChI=1S/C12H17N3S2/c1-2-7-13-11(12-9-17-15-14-12)6-5-10-4-3-8-16-10/h3-4,8-9,11,13H,2,5-7H2,1H3. The highest BCUT2D eigenvalue weighted by molar-refractivity contribution is 7.09. The Bertz CT molecular complexity index is 397. The maximum atomic E-state index is 4.18. The Balaban J connectivity index is 1.91. The van der Waals surface area contributed by atoms with Crippen molar-refractivity contribution in [1.82, 2.24) is 14.9 Å². The molecule has 0 bridgehead atoms. The van der Waals surface area contributed by atoms with Gasteiger partial charge in [0.15, 0.2) is 0 Å². The number of hydrogen-bond donors (Lipinski definition) is 1. The normalized spacial score (nSPS) is 12.8. The van der Waals surface area contributed by atoms with Crippen LogP contribution in [0.25, 0.3) is 0 Å². The third kappa shape index (κ3) is 3.87. The molecule has 0 radical (unpaired) electrons.